The van der Waals surface area contributed by atoms with E-state index >= 15 is 0 Å². The fraction of sp³-hybridized carbons (Fsp3) is 0.857. The number of urea groups is 1. The van der Waals surface area contributed by atoms with E-state index in [2.05, 4.69) is 13.8 Å². The van der Waals surface area contributed by atoms with Crippen molar-refractivity contribution in [1.29, 1.82) is 0 Å². The highest BCUT2D eigenvalue weighted by Crippen LogP contribution is 2.33. The summed E-state index contributed by atoms with van der Waals surface area (Å²) in [5, 5.41) is 9.29. The number of carboxylic acids is 1. The van der Waals surface area contributed by atoms with E-state index in [0.717, 1.165) is 25.9 Å². The van der Waals surface area contributed by atoms with Crippen molar-refractivity contribution in [3.63, 3.8) is 0 Å². The van der Waals surface area contributed by atoms with E-state index in [0.29, 0.717) is 19.5 Å². The van der Waals surface area contributed by atoms with Gasteiger partial charge in [0.1, 0.15) is 0 Å². The van der Waals surface area contributed by atoms with Crippen molar-refractivity contribution in [2.45, 2.75) is 40.0 Å². The Morgan fingerprint density at radius 2 is 1.63 bits per heavy atom. The Labute approximate surface area is 114 Å². The number of aliphatic carboxylic acids is 1. The molecule has 2 aliphatic rings. The molecule has 108 valence electrons. The highest BCUT2D eigenvalue weighted by atomic mass is 16.4. The number of hydrogen-bond donors (Lipinski definition) is 1. The summed E-state index contributed by atoms with van der Waals surface area (Å²) in [6.45, 7) is 8.63. The molecule has 2 aliphatic heterocycles. The predicted molar refractivity (Wildman–Crippen MR) is 71.9 cm³/mol. The molecule has 2 fully saturated rings. The predicted octanol–water partition coefficient (Wildman–Crippen LogP) is 2.03. The average molecular weight is 268 g/mol. The molecule has 1 atom stereocenters. The SMILES string of the molecule is CC1(C)CCN(C(=O)N2CCCC(C)(C(=O)O)C2)C1. The molecule has 2 heterocycles. The number of rotatable bonds is 1. The van der Waals surface area contributed by atoms with Crippen molar-refractivity contribution < 1.29 is 14.7 Å². The Hall–Kier alpha value is -1.26. The first kappa shape index (κ1) is 14.2. The lowest BCUT2D eigenvalue weighted by Crippen LogP contribution is -2.52. The average Bonchev–Trinajstić information content (AvgIpc) is 2.68. The second-order valence-electron chi connectivity index (χ2n) is 7.01. The van der Waals surface area contributed by atoms with Crippen molar-refractivity contribution in [1.82, 2.24) is 9.80 Å². The minimum absolute atomic E-state index is 0.0118. The normalized spacial score (nSPS) is 30.5. The summed E-state index contributed by atoms with van der Waals surface area (Å²) >= 11 is 0. The third-order valence-electron chi connectivity index (χ3n) is 4.43. The number of carbonyl (C=O) groups is 2. The fourth-order valence-corrected chi connectivity index (χ4v) is 3.05. The monoisotopic (exact) mass is 268 g/mol. The standard InChI is InChI=1S/C14H24N2O3/c1-13(2)6-8-16(9-13)12(19)15-7-4-5-14(3,10-15)11(17)18/h4-10H2,1-3H3,(H,17,18). The molecule has 5 nitrogen and oxygen atoms in total. The lowest BCUT2D eigenvalue weighted by molar-refractivity contribution is -0.150. The van der Waals surface area contributed by atoms with E-state index < -0.39 is 11.4 Å². The Morgan fingerprint density at radius 3 is 2.16 bits per heavy atom. The molecule has 5 heteroatoms. The Morgan fingerprint density at radius 1 is 1.00 bits per heavy atom. The van der Waals surface area contributed by atoms with Crippen LogP contribution in [0.25, 0.3) is 0 Å². The van der Waals surface area contributed by atoms with Crippen LogP contribution in [0.1, 0.15) is 40.0 Å². The zero-order chi connectivity index (χ0) is 14.3. The Balaban J connectivity index is 2.02. The van der Waals surface area contributed by atoms with E-state index in [1.165, 1.54) is 0 Å². The van der Waals surface area contributed by atoms with Gasteiger partial charge < -0.3 is 14.9 Å². The first-order valence-electron chi connectivity index (χ1n) is 7.01. The molecule has 1 N–H and O–H groups in total. The first-order valence-corrected chi connectivity index (χ1v) is 7.01. The van der Waals surface area contributed by atoms with E-state index in [9.17, 15) is 14.7 Å². The van der Waals surface area contributed by atoms with Gasteiger partial charge in [-0.25, -0.2) is 4.79 Å². The van der Waals surface area contributed by atoms with Crippen LogP contribution in [-0.2, 0) is 4.79 Å². The van der Waals surface area contributed by atoms with E-state index in [1.807, 2.05) is 4.90 Å². The highest BCUT2D eigenvalue weighted by Gasteiger charge is 2.42. The molecule has 0 aromatic heterocycles. The molecular formula is C14H24N2O3. The van der Waals surface area contributed by atoms with Gasteiger partial charge in [-0.05, 0) is 31.6 Å². The zero-order valence-corrected chi connectivity index (χ0v) is 12.1. The minimum atomic E-state index is -0.799. The number of carbonyl (C=O) groups excluding carboxylic acids is 1. The quantitative estimate of drug-likeness (QED) is 0.791. The van der Waals surface area contributed by atoms with Crippen molar-refractivity contribution in [3.8, 4) is 0 Å². The van der Waals surface area contributed by atoms with Crippen molar-refractivity contribution in [2.24, 2.45) is 10.8 Å². The van der Waals surface area contributed by atoms with E-state index in [4.69, 9.17) is 0 Å². The number of nitrogens with zero attached hydrogens (tertiary/aromatic N) is 2. The fourth-order valence-electron chi connectivity index (χ4n) is 3.05. The van der Waals surface area contributed by atoms with Gasteiger partial charge in [-0.3, -0.25) is 4.79 Å². The Kier molecular flexibility index (Phi) is 3.49. The van der Waals surface area contributed by atoms with Gasteiger partial charge in [0.05, 0.1) is 5.41 Å². The molecule has 2 amide bonds. The molecule has 0 aliphatic carbocycles. The summed E-state index contributed by atoms with van der Waals surface area (Å²) in [4.78, 5) is 27.4. The van der Waals surface area contributed by atoms with Gasteiger partial charge in [0, 0.05) is 26.2 Å². The summed E-state index contributed by atoms with van der Waals surface area (Å²) in [7, 11) is 0. The summed E-state index contributed by atoms with van der Waals surface area (Å²) in [6.07, 6.45) is 2.44. The second-order valence-corrected chi connectivity index (χ2v) is 7.01. The lowest BCUT2D eigenvalue weighted by Gasteiger charge is -2.39. The Bertz CT molecular complexity index is 394. The largest absolute Gasteiger partial charge is 0.481 e. The number of piperidine rings is 1. The van der Waals surface area contributed by atoms with Gasteiger partial charge in [-0.15, -0.1) is 0 Å². The van der Waals surface area contributed by atoms with Gasteiger partial charge in [-0.1, -0.05) is 13.8 Å². The summed E-state index contributed by atoms with van der Waals surface area (Å²) in [5.41, 5.74) is -0.606. The third kappa shape index (κ3) is 2.85. The van der Waals surface area contributed by atoms with Gasteiger partial charge in [0.2, 0.25) is 0 Å². The van der Waals surface area contributed by atoms with Crippen LogP contribution in [-0.4, -0.2) is 53.1 Å². The molecule has 0 radical (unpaired) electrons. The molecule has 0 bridgehead atoms. The van der Waals surface area contributed by atoms with Gasteiger partial charge in [-0.2, -0.15) is 0 Å². The maximum absolute atomic E-state index is 12.5. The van der Waals surface area contributed by atoms with Crippen LogP contribution in [0, 0.1) is 10.8 Å². The highest BCUT2D eigenvalue weighted by molar-refractivity contribution is 5.78. The van der Waals surface area contributed by atoms with Gasteiger partial charge >= 0.3 is 12.0 Å². The molecule has 2 saturated heterocycles. The number of amides is 2. The first-order chi connectivity index (χ1) is 8.73. The van der Waals surface area contributed by atoms with Crippen molar-refractivity contribution in [3.05, 3.63) is 0 Å². The number of hydrogen-bond acceptors (Lipinski definition) is 2. The molecule has 19 heavy (non-hydrogen) atoms. The zero-order valence-electron chi connectivity index (χ0n) is 12.1. The van der Waals surface area contributed by atoms with Crippen LogP contribution in [0.5, 0.6) is 0 Å². The van der Waals surface area contributed by atoms with Crippen LogP contribution in [0.3, 0.4) is 0 Å². The summed E-state index contributed by atoms with van der Waals surface area (Å²) in [6, 6.07) is 0.0118. The number of likely N-dealkylation sites (tertiary alicyclic amines) is 2. The molecule has 0 aromatic rings. The van der Waals surface area contributed by atoms with Gasteiger partial charge in [0.15, 0.2) is 0 Å². The topological polar surface area (TPSA) is 60.9 Å². The second kappa shape index (κ2) is 4.69. The summed E-state index contributed by atoms with van der Waals surface area (Å²) in [5.74, 6) is -0.799. The molecule has 0 spiro atoms. The number of carboxylic acid groups (broad SMARTS) is 1. The molecule has 1 unspecified atom stereocenters. The molecular weight excluding hydrogens is 244 g/mol. The molecule has 0 aromatic carbocycles. The minimum Gasteiger partial charge on any atom is -0.481 e. The molecule has 2 rings (SSSR count). The summed E-state index contributed by atoms with van der Waals surface area (Å²) < 4.78 is 0. The maximum atomic E-state index is 12.5. The smallest absolute Gasteiger partial charge is 0.320 e. The van der Waals surface area contributed by atoms with Crippen LogP contribution in [0.4, 0.5) is 4.79 Å². The van der Waals surface area contributed by atoms with Crippen molar-refractivity contribution >= 4 is 12.0 Å². The van der Waals surface area contributed by atoms with E-state index in [-0.39, 0.29) is 11.4 Å². The van der Waals surface area contributed by atoms with Crippen molar-refractivity contribution in [2.75, 3.05) is 26.2 Å². The third-order valence-corrected chi connectivity index (χ3v) is 4.43. The van der Waals surface area contributed by atoms with Crippen LogP contribution in [0.15, 0.2) is 0 Å². The lowest BCUT2D eigenvalue weighted by atomic mass is 9.82. The van der Waals surface area contributed by atoms with Crippen LogP contribution >= 0.6 is 0 Å². The van der Waals surface area contributed by atoms with E-state index in [1.54, 1.807) is 11.8 Å². The van der Waals surface area contributed by atoms with Crippen LogP contribution < -0.4 is 0 Å². The molecule has 0 saturated carbocycles. The van der Waals surface area contributed by atoms with Gasteiger partial charge in [0.25, 0.3) is 0 Å². The maximum Gasteiger partial charge on any atom is 0.320 e. The van der Waals surface area contributed by atoms with Crippen LogP contribution in [0.2, 0.25) is 0 Å².